The Morgan fingerprint density at radius 3 is 1.36 bits per heavy atom. The topological polar surface area (TPSA) is 205 Å². The largest absolute Gasteiger partial charge is 0.503 e. The van der Waals surface area contributed by atoms with Crippen molar-refractivity contribution in [3.63, 3.8) is 0 Å². The molecule has 0 saturated heterocycles. The highest BCUT2D eigenvalue weighted by Gasteiger charge is 2.16. The average Bonchev–Trinajstić information content (AvgIpc) is 2.95. The third-order valence-corrected chi connectivity index (χ3v) is 6.14. The van der Waals surface area contributed by atoms with Gasteiger partial charge in [0.1, 0.15) is 19.6 Å². The highest BCUT2D eigenvalue weighted by Crippen LogP contribution is 2.02. The first kappa shape index (κ1) is 31.2. The number of hydrogen-bond donors (Lipinski definition) is 5. The molecule has 0 bridgehead atoms. The van der Waals surface area contributed by atoms with Crippen LogP contribution < -0.4 is 27.3 Å². The predicted molar refractivity (Wildman–Crippen MR) is 149 cm³/mol. The molecule has 0 unspecified atom stereocenters. The molecule has 42 heavy (non-hydrogen) atoms. The Labute approximate surface area is 238 Å². The first-order valence-corrected chi connectivity index (χ1v) is 13.0. The molecule has 3 aromatic rings. The lowest BCUT2D eigenvalue weighted by molar-refractivity contribution is -0.132. The monoisotopic (exact) mass is 584 g/mol. The van der Waals surface area contributed by atoms with E-state index in [4.69, 9.17) is 0 Å². The minimum atomic E-state index is -0.727. The van der Waals surface area contributed by atoms with Crippen molar-refractivity contribution in [1.82, 2.24) is 29.2 Å². The lowest BCUT2D eigenvalue weighted by atomic mass is 10.3. The molecule has 0 aliphatic rings. The Hall–Kier alpha value is -5.34. The predicted octanol–water partition coefficient (Wildman–Crippen LogP) is -1.47. The van der Waals surface area contributed by atoms with Crippen LogP contribution in [0.1, 0.15) is 12.8 Å². The van der Waals surface area contributed by atoms with Crippen molar-refractivity contribution >= 4 is 17.7 Å². The van der Waals surface area contributed by atoms with Crippen LogP contribution in [0, 0.1) is 0 Å². The van der Waals surface area contributed by atoms with Gasteiger partial charge in [-0.25, -0.2) is 0 Å². The van der Waals surface area contributed by atoms with Crippen LogP contribution in [-0.4, -0.2) is 77.8 Å². The van der Waals surface area contributed by atoms with E-state index in [0.29, 0.717) is 12.8 Å². The van der Waals surface area contributed by atoms with Gasteiger partial charge < -0.3 is 44.6 Å². The molecular formula is C27H32N6O9. The fourth-order valence-electron chi connectivity index (χ4n) is 3.97. The Kier molecular flexibility index (Phi) is 11.0. The number of aromatic hydroxyl groups is 3. The minimum Gasteiger partial charge on any atom is -0.503 e. The van der Waals surface area contributed by atoms with E-state index in [1.165, 1.54) is 59.9 Å². The summed E-state index contributed by atoms with van der Waals surface area (Å²) >= 11 is 0. The van der Waals surface area contributed by atoms with E-state index in [1.807, 2.05) is 0 Å². The molecule has 0 fully saturated rings. The molecule has 15 heteroatoms. The Balaban J connectivity index is 1.53. The van der Waals surface area contributed by atoms with E-state index in [-0.39, 0.29) is 45.8 Å². The van der Waals surface area contributed by atoms with E-state index in [0.717, 1.165) is 13.7 Å². The van der Waals surface area contributed by atoms with E-state index in [2.05, 4.69) is 10.6 Å². The van der Waals surface area contributed by atoms with E-state index < -0.39 is 51.6 Å². The molecule has 3 amide bonds. The van der Waals surface area contributed by atoms with Gasteiger partial charge in [0.05, 0.1) is 0 Å². The molecule has 3 rings (SSSR count). The van der Waals surface area contributed by atoms with Gasteiger partial charge >= 0.3 is 0 Å². The summed E-state index contributed by atoms with van der Waals surface area (Å²) in [6.07, 6.45) is 4.76. The van der Waals surface area contributed by atoms with E-state index in [1.54, 1.807) is 0 Å². The Morgan fingerprint density at radius 1 is 0.619 bits per heavy atom. The lowest BCUT2D eigenvalue weighted by Crippen LogP contribution is -2.40. The highest BCUT2D eigenvalue weighted by atomic mass is 16.3. The number of carbonyl (C=O) groups excluding carboxylic acids is 3. The molecule has 224 valence electrons. The maximum absolute atomic E-state index is 13.0. The van der Waals surface area contributed by atoms with Gasteiger partial charge in [0.2, 0.25) is 17.7 Å². The molecular weight excluding hydrogens is 552 g/mol. The molecule has 0 aliphatic heterocycles. The van der Waals surface area contributed by atoms with Gasteiger partial charge in [-0.2, -0.15) is 0 Å². The zero-order valence-corrected chi connectivity index (χ0v) is 22.6. The molecule has 0 radical (unpaired) electrons. The average molecular weight is 585 g/mol. The van der Waals surface area contributed by atoms with Crippen molar-refractivity contribution in [3.05, 3.63) is 86.1 Å². The maximum atomic E-state index is 13.0. The number of pyridine rings is 3. The van der Waals surface area contributed by atoms with E-state index >= 15 is 0 Å². The summed E-state index contributed by atoms with van der Waals surface area (Å²) < 4.78 is 3.17. The summed E-state index contributed by atoms with van der Waals surface area (Å²) in [6.45, 7) is -0.242. The van der Waals surface area contributed by atoms with Crippen LogP contribution in [0.5, 0.6) is 17.2 Å². The first-order chi connectivity index (χ1) is 20.1. The Bertz CT molecular complexity index is 1510. The van der Waals surface area contributed by atoms with Gasteiger partial charge in [0.25, 0.3) is 16.7 Å². The molecule has 0 aromatic carbocycles. The summed E-state index contributed by atoms with van der Waals surface area (Å²) in [4.78, 5) is 74.9. The number of carbonyl (C=O) groups is 3. The summed E-state index contributed by atoms with van der Waals surface area (Å²) in [7, 11) is 0. The molecule has 15 nitrogen and oxygen atoms in total. The maximum Gasteiger partial charge on any atom is 0.293 e. The number of nitrogens with one attached hydrogen (secondary N) is 2. The summed E-state index contributed by atoms with van der Waals surface area (Å²) in [5, 5.41) is 34.0. The van der Waals surface area contributed by atoms with Crippen molar-refractivity contribution < 1.29 is 29.7 Å². The first-order valence-electron chi connectivity index (χ1n) is 13.0. The van der Waals surface area contributed by atoms with Crippen molar-refractivity contribution in [1.29, 1.82) is 0 Å². The lowest BCUT2D eigenvalue weighted by Gasteiger charge is -2.23. The molecule has 0 saturated carbocycles. The van der Waals surface area contributed by atoms with Crippen LogP contribution in [0.2, 0.25) is 0 Å². The SMILES string of the molecule is O=C(Cn1cccc(O)c1=O)NCCCN(CCCNC(=O)Cn1cccc(O)c1=O)C(=O)Cn1cccc(O)c1=O. The third-order valence-electron chi connectivity index (χ3n) is 6.14. The van der Waals surface area contributed by atoms with Crippen LogP contribution in [0.15, 0.2) is 69.4 Å². The fraction of sp³-hybridized carbons (Fsp3) is 0.333. The summed E-state index contributed by atoms with van der Waals surface area (Å²) in [6, 6.07) is 7.93. The van der Waals surface area contributed by atoms with Gasteiger partial charge in [-0.3, -0.25) is 28.8 Å². The van der Waals surface area contributed by atoms with Crippen LogP contribution >= 0.6 is 0 Å². The number of amides is 3. The molecule has 3 aromatic heterocycles. The molecule has 3 heterocycles. The zero-order valence-electron chi connectivity index (χ0n) is 22.6. The van der Waals surface area contributed by atoms with Crippen molar-refractivity contribution in [3.8, 4) is 17.2 Å². The molecule has 0 aliphatic carbocycles. The summed E-state index contributed by atoms with van der Waals surface area (Å²) in [5.41, 5.74) is -2.13. The zero-order chi connectivity index (χ0) is 30.6. The molecule has 0 spiro atoms. The number of aromatic nitrogens is 3. The fourth-order valence-corrected chi connectivity index (χ4v) is 3.97. The van der Waals surface area contributed by atoms with Gasteiger partial charge in [-0.05, 0) is 49.2 Å². The van der Waals surface area contributed by atoms with Gasteiger partial charge in [0.15, 0.2) is 17.2 Å². The van der Waals surface area contributed by atoms with E-state index in [9.17, 15) is 44.1 Å². The smallest absolute Gasteiger partial charge is 0.293 e. The van der Waals surface area contributed by atoms with Crippen LogP contribution in [0.25, 0.3) is 0 Å². The molecule has 5 N–H and O–H groups in total. The third kappa shape index (κ3) is 8.84. The second-order valence-corrected chi connectivity index (χ2v) is 9.27. The Morgan fingerprint density at radius 2 is 0.976 bits per heavy atom. The van der Waals surface area contributed by atoms with Crippen LogP contribution in [-0.2, 0) is 34.0 Å². The standard InChI is InChI=1S/C27H32N6O9/c34-19-6-1-11-31(25(19)40)16-22(37)28-9-4-14-30(24(39)18-33-13-3-8-21(36)27(33)42)15-5-10-29-23(38)17-32-12-2-7-20(35)26(32)41/h1-3,6-8,11-13,34-36H,4-5,9-10,14-18H2,(H,28,37)(H,29,38). The summed E-state index contributed by atoms with van der Waals surface area (Å²) in [5.74, 6) is -2.83. The number of hydrogen-bond acceptors (Lipinski definition) is 9. The minimum absolute atomic E-state index is 0.164. The normalized spacial score (nSPS) is 10.7. The highest BCUT2D eigenvalue weighted by molar-refractivity contribution is 5.77. The number of nitrogens with zero attached hydrogens (tertiary/aromatic N) is 4. The second kappa shape index (κ2) is 14.9. The van der Waals surface area contributed by atoms with Crippen molar-refractivity contribution in [2.45, 2.75) is 32.5 Å². The molecule has 0 atom stereocenters. The van der Waals surface area contributed by atoms with Crippen LogP contribution in [0.3, 0.4) is 0 Å². The number of rotatable bonds is 14. The van der Waals surface area contributed by atoms with Crippen molar-refractivity contribution in [2.24, 2.45) is 0 Å². The van der Waals surface area contributed by atoms with Gasteiger partial charge in [-0.1, -0.05) is 0 Å². The van der Waals surface area contributed by atoms with Gasteiger partial charge in [0, 0.05) is 44.8 Å². The van der Waals surface area contributed by atoms with Gasteiger partial charge in [-0.15, -0.1) is 0 Å². The second-order valence-electron chi connectivity index (χ2n) is 9.27. The van der Waals surface area contributed by atoms with Crippen molar-refractivity contribution in [2.75, 3.05) is 26.2 Å². The van der Waals surface area contributed by atoms with Crippen LogP contribution in [0.4, 0.5) is 0 Å². The quantitative estimate of drug-likeness (QED) is 0.140.